The summed E-state index contributed by atoms with van der Waals surface area (Å²) in [5, 5.41) is 18.3. The third kappa shape index (κ3) is 7.37. The fourth-order valence-corrected chi connectivity index (χ4v) is 5.84. The highest BCUT2D eigenvalue weighted by Crippen LogP contribution is 2.43. The molecule has 0 fully saturated rings. The average Bonchev–Trinajstić information content (AvgIpc) is 3.61. The summed E-state index contributed by atoms with van der Waals surface area (Å²) in [6, 6.07) is 5.54. The Morgan fingerprint density at radius 3 is 1.77 bits per heavy atom. The van der Waals surface area contributed by atoms with Crippen molar-refractivity contribution in [1.29, 1.82) is 0 Å². The zero-order valence-corrected chi connectivity index (χ0v) is 26.8. The Morgan fingerprint density at radius 1 is 0.750 bits per heavy atom. The quantitative estimate of drug-likeness (QED) is 0.278. The second-order valence-electron chi connectivity index (χ2n) is 11.1. The second-order valence-corrected chi connectivity index (χ2v) is 11.9. The van der Waals surface area contributed by atoms with Crippen LogP contribution in [-0.2, 0) is 45.4 Å². The van der Waals surface area contributed by atoms with Gasteiger partial charge < -0.3 is 39.0 Å². The van der Waals surface area contributed by atoms with Gasteiger partial charge in [0.1, 0.15) is 0 Å². The van der Waals surface area contributed by atoms with E-state index in [-0.39, 0.29) is 24.7 Å². The molecular weight excluding hydrogens is 640 g/mol. The highest BCUT2D eigenvalue weighted by atomic mass is 79.9. The Labute approximate surface area is 263 Å². The lowest BCUT2D eigenvalue weighted by molar-refractivity contribution is -0.145. The molecule has 0 aromatic heterocycles. The van der Waals surface area contributed by atoms with Crippen LogP contribution < -0.4 is 18.9 Å². The van der Waals surface area contributed by atoms with Crippen LogP contribution in [0.3, 0.4) is 0 Å². The van der Waals surface area contributed by atoms with Crippen LogP contribution in [0.4, 0.5) is 0 Å². The normalized spacial score (nSPS) is 14.8. The van der Waals surface area contributed by atoms with Gasteiger partial charge in [0.05, 0.1) is 43.7 Å². The standard InChI is InChI=1S/C31H37BrN2O10/c1-17(30(37)38)8-26(35)33-13-19-10-23(41-3)24(11-20(19)14-33)43-6-5-7-44-29-25(42-4)12-21-15-34(16-22(21)28(29)32)27(36)9-18(2)31(39)40/h10-12,17-18H,5-9,13-16H2,1-4H3,(H,37,38)(H,39,40). The van der Waals surface area contributed by atoms with Crippen LogP contribution in [0.5, 0.6) is 23.0 Å². The van der Waals surface area contributed by atoms with Gasteiger partial charge in [-0.3, -0.25) is 19.2 Å². The van der Waals surface area contributed by atoms with Gasteiger partial charge in [-0.25, -0.2) is 0 Å². The fourth-order valence-electron chi connectivity index (χ4n) is 5.15. The van der Waals surface area contributed by atoms with Crippen LogP contribution in [-0.4, -0.2) is 71.2 Å². The molecular formula is C31H37BrN2O10. The number of halogens is 1. The molecule has 2 N–H and O–H groups in total. The molecule has 2 aliphatic rings. The summed E-state index contributed by atoms with van der Waals surface area (Å²) in [6.07, 6.45) is 0.401. The third-order valence-corrected chi connectivity index (χ3v) is 8.66. The SMILES string of the molecule is COc1cc2c(cc1OCCCOc1c(OC)cc3c(c1Br)CN(C(=O)CC(C)C(=O)O)C3)CN(C(=O)CC(C)C(=O)O)C2. The first-order valence-corrected chi connectivity index (χ1v) is 15.1. The Bertz CT molecular complexity index is 1450. The number of carbonyl (C=O) groups is 4. The highest BCUT2D eigenvalue weighted by Gasteiger charge is 2.31. The predicted octanol–water partition coefficient (Wildman–Crippen LogP) is 4.22. The molecule has 2 amide bonds. The number of methoxy groups -OCH3 is 2. The van der Waals surface area contributed by atoms with Gasteiger partial charge in [-0.2, -0.15) is 0 Å². The minimum absolute atomic E-state index is 0.0582. The van der Waals surface area contributed by atoms with E-state index in [1.54, 1.807) is 16.9 Å². The van der Waals surface area contributed by atoms with E-state index in [0.29, 0.717) is 73.3 Å². The number of carboxylic acid groups (broad SMARTS) is 2. The number of aliphatic carboxylic acids is 2. The van der Waals surface area contributed by atoms with Crippen LogP contribution in [0.15, 0.2) is 22.7 Å². The van der Waals surface area contributed by atoms with E-state index in [0.717, 1.165) is 22.3 Å². The van der Waals surface area contributed by atoms with Gasteiger partial charge in [0.2, 0.25) is 11.8 Å². The summed E-state index contributed by atoms with van der Waals surface area (Å²) in [5.74, 6) is -1.85. The van der Waals surface area contributed by atoms with Crippen molar-refractivity contribution in [3.05, 3.63) is 44.9 Å². The molecule has 0 saturated heterocycles. The second kappa shape index (κ2) is 14.2. The number of hydrogen-bond acceptors (Lipinski definition) is 8. The van der Waals surface area contributed by atoms with Crippen molar-refractivity contribution in [3.63, 3.8) is 0 Å². The number of ether oxygens (including phenoxy) is 4. The summed E-state index contributed by atoms with van der Waals surface area (Å²) < 4.78 is 23.9. The number of hydrogen-bond donors (Lipinski definition) is 2. The molecule has 0 spiro atoms. The summed E-state index contributed by atoms with van der Waals surface area (Å²) >= 11 is 3.62. The Balaban J connectivity index is 1.33. The van der Waals surface area contributed by atoms with Gasteiger partial charge in [0, 0.05) is 45.4 Å². The number of carboxylic acids is 2. The van der Waals surface area contributed by atoms with E-state index < -0.39 is 23.8 Å². The Hall–Kier alpha value is -4.00. The molecule has 0 bridgehead atoms. The van der Waals surface area contributed by atoms with Crippen molar-refractivity contribution in [2.45, 2.75) is 59.3 Å². The van der Waals surface area contributed by atoms with Crippen LogP contribution in [0.1, 0.15) is 55.4 Å². The minimum Gasteiger partial charge on any atom is -0.493 e. The molecule has 0 saturated carbocycles. The number of carbonyl (C=O) groups excluding carboxylic acids is 2. The van der Waals surface area contributed by atoms with Gasteiger partial charge in [-0.1, -0.05) is 13.8 Å². The molecule has 238 valence electrons. The topological polar surface area (TPSA) is 152 Å². The number of amides is 2. The summed E-state index contributed by atoms with van der Waals surface area (Å²) in [7, 11) is 3.08. The molecule has 2 aliphatic heterocycles. The summed E-state index contributed by atoms with van der Waals surface area (Å²) in [5.41, 5.74) is 3.64. The lowest BCUT2D eigenvalue weighted by atomic mass is 10.1. The maximum Gasteiger partial charge on any atom is 0.306 e. The zero-order chi connectivity index (χ0) is 32.1. The predicted molar refractivity (Wildman–Crippen MR) is 161 cm³/mol. The van der Waals surface area contributed by atoms with E-state index in [1.807, 2.05) is 18.2 Å². The first kappa shape index (κ1) is 32.9. The van der Waals surface area contributed by atoms with Crippen molar-refractivity contribution in [2.24, 2.45) is 11.8 Å². The molecule has 0 aliphatic carbocycles. The Kier molecular flexibility index (Phi) is 10.6. The van der Waals surface area contributed by atoms with E-state index in [9.17, 15) is 19.2 Å². The monoisotopic (exact) mass is 676 g/mol. The van der Waals surface area contributed by atoms with E-state index in [1.165, 1.54) is 21.0 Å². The first-order chi connectivity index (χ1) is 20.9. The number of fused-ring (bicyclic) bond motifs is 2. The van der Waals surface area contributed by atoms with E-state index >= 15 is 0 Å². The van der Waals surface area contributed by atoms with E-state index in [2.05, 4.69) is 15.9 Å². The molecule has 2 aromatic rings. The molecule has 0 radical (unpaired) electrons. The lowest BCUT2D eigenvalue weighted by Gasteiger charge is -2.17. The summed E-state index contributed by atoms with van der Waals surface area (Å²) in [4.78, 5) is 50.9. The highest BCUT2D eigenvalue weighted by molar-refractivity contribution is 9.10. The van der Waals surface area contributed by atoms with Crippen molar-refractivity contribution in [2.75, 3.05) is 27.4 Å². The van der Waals surface area contributed by atoms with Gasteiger partial charge in [-0.05, 0) is 56.4 Å². The molecule has 2 aromatic carbocycles. The van der Waals surface area contributed by atoms with Gasteiger partial charge in [0.25, 0.3) is 0 Å². The largest absolute Gasteiger partial charge is 0.493 e. The average molecular weight is 678 g/mol. The van der Waals surface area contributed by atoms with Gasteiger partial charge in [0.15, 0.2) is 23.0 Å². The minimum atomic E-state index is -1.00. The fraction of sp³-hybridized carbons (Fsp3) is 0.484. The molecule has 44 heavy (non-hydrogen) atoms. The molecule has 2 atom stereocenters. The maximum atomic E-state index is 12.7. The van der Waals surface area contributed by atoms with E-state index in [4.69, 9.17) is 29.2 Å². The van der Waals surface area contributed by atoms with Crippen LogP contribution >= 0.6 is 15.9 Å². The number of benzene rings is 2. The van der Waals surface area contributed by atoms with Crippen LogP contribution in [0.25, 0.3) is 0 Å². The van der Waals surface area contributed by atoms with Crippen molar-refractivity contribution in [3.8, 4) is 23.0 Å². The molecule has 2 unspecified atom stereocenters. The van der Waals surface area contributed by atoms with Crippen LogP contribution in [0, 0.1) is 11.8 Å². The number of rotatable bonds is 14. The zero-order valence-electron chi connectivity index (χ0n) is 25.2. The molecule has 13 heteroatoms. The Morgan fingerprint density at radius 2 is 1.23 bits per heavy atom. The van der Waals surface area contributed by atoms with Crippen LogP contribution in [0.2, 0.25) is 0 Å². The number of nitrogens with zero attached hydrogens (tertiary/aromatic N) is 2. The van der Waals surface area contributed by atoms with Gasteiger partial charge in [-0.15, -0.1) is 0 Å². The maximum absolute atomic E-state index is 12.7. The molecule has 12 nitrogen and oxygen atoms in total. The lowest BCUT2D eigenvalue weighted by Crippen LogP contribution is -2.28. The third-order valence-electron chi connectivity index (χ3n) is 7.82. The first-order valence-electron chi connectivity index (χ1n) is 14.3. The van der Waals surface area contributed by atoms with Crippen molar-refractivity contribution in [1.82, 2.24) is 9.80 Å². The molecule has 2 heterocycles. The van der Waals surface area contributed by atoms with Crippen molar-refractivity contribution < 1.29 is 48.3 Å². The van der Waals surface area contributed by atoms with Gasteiger partial charge >= 0.3 is 11.9 Å². The smallest absolute Gasteiger partial charge is 0.306 e. The molecule has 4 rings (SSSR count). The summed E-state index contributed by atoms with van der Waals surface area (Å²) in [6.45, 7) is 5.12. The van der Waals surface area contributed by atoms with Crippen molar-refractivity contribution >= 4 is 39.7 Å².